The molecule has 3 saturated carbocycles. The minimum Gasteiger partial charge on any atom is -0.450 e. The molecular weight excluding hydrogens is 474 g/mol. The number of allylic oxidation sites excluding steroid dienone is 4. The van der Waals surface area contributed by atoms with Gasteiger partial charge in [0.1, 0.15) is 11.8 Å². The maximum atomic E-state index is 17.2. The van der Waals surface area contributed by atoms with Gasteiger partial charge in [0.2, 0.25) is 0 Å². The number of fused-ring (bicyclic) bond motifs is 5. The molecule has 7 heteroatoms. The predicted molar refractivity (Wildman–Crippen MR) is 136 cm³/mol. The van der Waals surface area contributed by atoms with Gasteiger partial charge in [-0.2, -0.15) is 0 Å². The first-order valence-corrected chi connectivity index (χ1v) is 13.2. The van der Waals surface area contributed by atoms with Crippen molar-refractivity contribution in [2.24, 2.45) is 28.6 Å². The highest BCUT2D eigenvalue weighted by Crippen LogP contribution is 2.72. The molecule has 0 amide bonds. The van der Waals surface area contributed by atoms with Crippen LogP contribution < -0.4 is 0 Å². The van der Waals surface area contributed by atoms with E-state index >= 15 is 8.78 Å². The second-order valence-corrected chi connectivity index (χ2v) is 10.9. The van der Waals surface area contributed by atoms with Crippen molar-refractivity contribution in [1.29, 1.82) is 0 Å². The molecule has 4 aliphatic carbocycles. The molecular formula is C28H43ClF2O4. The fourth-order valence-electron chi connectivity index (χ4n) is 7.93. The Kier molecular flexibility index (Phi) is 8.76. The summed E-state index contributed by atoms with van der Waals surface area (Å²) in [7, 11) is 0. The van der Waals surface area contributed by atoms with Crippen LogP contribution in [0.3, 0.4) is 0 Å². The highest BCUT2D eigenvalue weighted by molar-refractivity contribution is 6.29. The van der Waals surface area contributed by atoms with E-state index in [1.54, 1.807) is 32.9 Å². The molecule has 4 rings (SSSR count). The van der Waals surface area contributed by atoms with E-state index in [1.807, 2.05) is 26.8 Å². The van der Waals surface area contributed by atoms with E-state index in [2.05, 4.69) is 0 Å². The van der Waals surface area contributed by atoms with E-state index < -0.39 is 63.9 Å². The van der Waals surface area contributed by atoms with Crippen LogP contribution in [0.1, 0.15) is 81.1 Å². The lowest BCUT2D eigenvalue weighted by molar-refractivity contribution is -0.236. The van der Waals surface area contributed by atoms with Gasteiger partial charge in [-0.25, -0.2) is 8.78 Å². The molecule has 0 aromatic rings. The van der Waals surface area contributed by atoms with E-state index in [0.717, 1.165) is 0 Å². The van der Waals surface area contributed by atoms with Crippen molar-refractivity contribution >= 4 is 23.4 Å². The van der Waals surface area contributed by atoms with Crippen molar-refractivity contribution in [3.63, 3.8) is 0 Å². The summed E-state index contributed by atoms with van der Waals surface area (Å²) in [5.41, 5.74) is -5.44. The van der Waals surface area contributed by atoms with Crippen molar-refractivity contribution in [2.75, 3.05) is 5.88 Å². The number of ether oxygens (including phenoxy) is 1. The fourth-order valence-corrected chi connectivity index (χ4v) is 8.13. The minimum atomic E-state index is -2.05. The molecule has 0 radical (unpaired) electrons. The van der Waals surface area contributed by atoms with Crippen molar-refractivity contribution in [2.45, 2.75) is 105 Å². The van der Waals surface area contributed by atoms with Gasteiger partial charge in [-0.3, -0.25) is 9.59 Å². The summed E-state index contributed by atoms with van der Waals surface area (Å²) in [4.78, 5) is 25.7. The average molecular weight is 517 g/mol. The summed E-state index contributed by atoms with van der Waals surface area (Å²) in [6.07, 6.45) is 3.11. The number of carbonyl (C=O) groups is 2. The molecule has 0 saturated heterocycles. The number of esters is 1. The third-order valence-electron chi connectivity index (χ3n) is 9.41. The largest absolute Gasteiger partial charge is 0.450 e. The van der Waals surface area contributed by atoms with E-state index in [1.165, 1.54) is 0 Å². The zero-order valence-electron chi connectivity index (χ0n) is 21.2. The SMILES string of the molecule is C.CC.CCC(=O)O[C@]1(C(=O)CCl)[C@@H](C)C[C@H]2[C@@H]3C[C@H](F)C4=CC=CC[C@]4(C)[C@@]3(F)[C@@H](O)C[C@@]21C. The molecule has 200 valence electrons. The lowest BCUT2D eigenvalue weighted by Gasteiger charge is -2.63. The number of aliphatic hydroxyl groups is 1. The van der Waals surface area contributed by atoms with Crippen molar-refractivity contribution in [1.82, 2.24) is 0 Å². The Morgan fingerprint density at radius 1 is 1.23 bits per heavy atom. The van der Waals surface area contributed by atoms with E-state index in [9.17, 15) is 14.7 Å². The molecule has 35 heavy (non-hydrogen) atoms. The van der Waals surface area contributed by atoms with E-state index in [4.69, 9.17) is 16.3 Å². The highest BCUT2D eigenvalue weighted by Gasteiger charge is 2.77. The van der Waals surface area contributed by atoms with E-state index in [0.29, 0.717) is 18.4 Å². The lowest BCUT2D eigenvalue weighted by Crippen LogP contribution is -2.71. The summed E-state index contributed by atoms with van der Waals surface area (Å²) < 4.78 is 38.5. The van der Waals surface area contributed by atoms with Gasteiger partial charge >= 0.3 is 5.97 Å². The third-order valence-corrected chi connectivity index (χ3v) is 9.66. The molecule has 0 unspecified atom stereocenters. The average Bonchev–Trinajstić information content (AvgIpc) is 3.03. The van der Waals surface area contributed by atoms with Gasteiger partial charge in [-0.05, 0) is 37.2 Å². The molecule has 0 bridgehead atoms. The van der Waals surface area contributed by atoms with Crippen LogP contribution in [0.15, 0.2) is 23.8 Å². The molecule has 4 aliphatic rings. The molecule has 4 nitrogen and oxygen atoms in total. The molecule has 0 heterocycles. The maximum absolute atomic E-state index is 17.2. The number of carbonyl (C=O) groups excluding carboxylic acids is 2. The topological polar surface area (TPSA) is 63.6 Å². The molecule has 9 atom stereocenters. The van der Waals surface area contributed by atoms with Gasteiger partial charge in [-0.1, -0.05) is 67.2 Å². The van der Waals surface area contributed by atoms with Crippen LogP contribution in [-0.2, 0) is 14.3 Å². The Labute approximate surface area is 214 Å². The number of alkyl halides is 3. The van der Waals surface area contributed by atoms with Crippen LogP contribution in [-0.4, -0.2) is 46.3 Å². The van der Waals surface area contributed by atoms with Crippen LogP contribution in [0.4, 0.5) is 8.78 Å². The number of rotatable bonds is 4. The first kappa shape index (κ1) is 30.0. The second-order valence-electron chi connectivity index (χ2n) is 10.7. The van der Waals surface area contributed by atoms with Crippen LogP contribution >= 0.6 is 11.6 Å². The Morgan fingerprint density at radius 3 is 2.43 bits per heavy atom. The first-order valence-electron chi connectivity index (χ1n) is 12.6. The Morgan fingerprint density at radius 2 is 1.86 bits per heavy atom. The lowest BCUT2D eigenvalue weighted by atomic mass is 9.44. The Balaban J connectivity index is 0.00000140. The summed E-state index contributed by atoms with van der Waals surface area (Å²) in [5.74, 6) is -3.00. The van der Waals surface area contributed by atoms with Gasteiger partial charge in [0.05, 0.1) is 12.0 Å². The molecule has 3 fully saturated rings. The molecule has 0 aromatic heterocycles. The number of hydrogen-bond donors (Lipinski definition) is 1. The smallest absolute Gasteiger partial charge is 0.306 e. The van der Waals surface area contributed by atoms with Crippen LogP contribution in [0.2, 0.25) is 0 Å². The monoisotopic (exact) mass is 516 g/mol. The predicted octanol–water partition coefficient (Wildman–Crippen LogP) is 6.53. The maximum Gasteiger partial charge on any atom is 0.306 e. The van der Waals surface area contributed by atoms with Gasteiger partial charge < -0.3 is 9.84 Å². The Bertz CT molecular complexity index is 890. The van der Waals surface area contributed by atoms with Gasteiger partial charge in [0, 0.05) is 29.1 Å². The summed E-state index contributed by atoms with van der Waals surface area (Å²) in [5, 5.41) is 11.4. The van der Waals surface area contributed by atoms with Crippen molar-refractivity contribution in [3.05, 3.63) is 23.8 Å². The quantitative estimate of drug-likeness (QED) is 0.340. The summed E-state index contributed by atoms with van der Waals surface area (Å²) in [6.45, 7) is 11.0. The first-order chi connectivity index (χ1) is 15.9. The highest BCUT2D eigenvalue weighted by atomic mass is 35.5. The van der Waals surface area contributed by atoms with Crippen molar-refractivity contribution in [3.8, 4) is 0 Å². The molecule has 0 aliphatic heterocycles. The minimum absolute atomic E-state index is 0. The van der Waals surface area contributed by atoms with Crippen LogP contribution in [0.25, 0.3) is 0 Å². The third kappa shape index (κ3) is 3.75. The normalized spacial score (nSPS) is 45.4. The summed E-state index contributed by atoms with van der Waals surface area (Å²) >= 11 is 5.99. The van der Waals surface area contributed by atoms with Gasteiger partial charge in [0.15, 0.2) is 11.4 Å². The second kappa shape index (κ2) is 10.2. The fraction of sp³-hybridized carbons (Fsp3) is 0.786. The standard InChI is InChI=1S/C25H33ClF2O4.C2H6.CH4/c1-5-21(31)32-25(20(30)13-26)14(2)10-16-17-11-18(27)15-8-6-7-9-22(15,3)24(17,28)19(29)12-23(16,25)4;1-2;/h6-8,14,16-19,29H,5,9-13H2,1-4H3;1-2H3;1H4/t14-,16-,17-,18-,19-,22-,23-,24-,25-;;/m0../s1. The number of hydrogen-bond acceptors (Lipinski definition) is 4. The van der Waals surface area contributed by atoms with Crippen molar-refractivity contribution < 1.29 is 28.2 Å². The van der Waals surface area contributed by atoms with Crippen LogP contribution in [0, 0.1) is 28.6 Å². The zero-order valence-corrected chi connectivity index (χ0v) is 21.9. The van der Waals surface area contributed by atoms with E-state index in [-0.39, 0.29) is 32.6 Å². The van der Waals surface area contributed by atoms with Crippen LogP contribution in [0.5, 0.6) is 0 Å². The number of Topliss-reactive ketones (excluding diaryl/α,β-unsaturated/α-hetero) is 1. The number of aliphatic hydroxyl groups excluding tert-OH is 1. The molecule has 0 aromatic carbocycles. The number of ketones is 1. The molecule has 1 N–H and O–H groups in total. The number of halogens is 3. The molecule has 0 spiro atoms. The zero-order chi connectivity index (χ0) is 25.7. The van der Waals surface area contributed by atoms with Gasteiger partial charge in [-0.15, -0.1) is 11.6 Å². The summed E-state index contributed by atoms with van der Waals surface area (Å²) in [6, 6.07) is 0. The van der Waals surface area contributed by atoms with Gasteiger partial charge in [0.25, 0.3) is 0 Å². The Hall–Kier alpha value is -1.27.